The molecule has 5 nitrogen and oxygen atoms in total. The minimum Gasteiger partial charge on any atom is -0.294 e. The summed E-state index contributed by atoms with van der Waals surface area (Å²) in [6, 6.07) is 10.3. The van der Waals surface area contributed by atoms with E-state index >= 15 is 0 Å². The van der Waals surface area contributed by atoms with Crippen LogP contribution in [0.25, 0.3) is 6.08 Å². The summed E-state index contributed by atoms with van der Waals surface area (Å²) in [6.45, 7) is 6.48. The van der Waals surface area contributed by atoms with Crippen molar-refractivity contribution in [2.45, 2.75) is 27.2 Å². The third kappa shape index (κ3) is 3.44. The molecule has 1 unspecified atom stereocenters. The van der Waals surface area contributed by atoms with Gasteiger partial charge in [0, 0.05) is 10.8 Å². The normalized spacial score (nSPS) is 26.7. The maximum Gasteiger partial charge on any atom is 0.394 e. The summed E-state index contributed by atoms with van der Waals surface area (Å²) >= 11 is 0. The van der Waals surface area contributed by atoms with E-state index in [0.717, 1.165) is 6.42 Å². The monoisotopic (exact) mass is 336 g/mol. The molecular weight excluding hydrogens is 316 g/mol. The molecule has 0 aliphatic heterocycles. The Balaban J connectivity index is 0.000000338. The first-order valence-corrected chi connectivity index (χ1v) is 8.57. The van der Waals surface area contributed by atoms with Crippen molar-refractivity contribution in [3.05, 3.63) is 53.1 Å². The predicted octanol–water partition coefficient (Wildman–Crippen LogP) is 3.36. The van der Waals surface area contributed by atoms with E-state index in [1.807, 2.05) is 24.3 Å². The summed E-state index contributed by atoms with van der Waals surface area (Å²) in [5.41, 5.74) is 3.52. The van der Waals surface area contributed by atoms with Crippen LogP contribution in [0.3, 0.4) is 0 Å². The number of carbonyl (C=O) groups excluding carboxylic acids is 1. The second-order valence-electron chi connectivity index (χ2n) is 6.58. The van der Waals surface area contributed by atoms with Crippen molar-refractivity contribution < 1.29 is 22.3 Å². The summed E-state index contributed by atoms with van der Waals surface area (Å²) in [6.07, 6.45) is 4.96. The second kappa shape index (κ2) is 5.70. The van der Waals surface area contributed by atoms with Crippen LogP contribution in [0.1, 0.15) is 32.8 Å². The van der Waals surface area contributed by atoms with Crippen LogP contribution in [0, 0.1) is 10.8 Å². The van der Waals surface area contributed by atoms with Gasteiger partial charge in [0.25, 0.3) is 0 Å². The zero-order valence-electron chi connectivity index (χ0n) is 13.3. The molecular formula is C17H20O5S. The first kappa shape index (κ1) is 17.6. The summed E-state index contributed by atoms with van der Waals surface area (Å²) in [7, 11) is -4.67. The molecule has 1 saturated carbocycles. The first-order valence-electron chi connectivity index (χ1n) is 7.18. The smallest absolute Gasteiger partial charge is 0.294 e. The molecule has 0 spiro atoms. The van der Waals surface area contributed by atoms with Crippen molar-refractivity contribution in [3.63, 3.8) is 0 Å². The van der Waals surface area contributed by atoms with Gasteiger partial charge in [-0.05, 0) is 29.2 Å². The Morgan fingerprint density at radius 3 is 2.00 bits per heavy atom. The molecule has 2 aliphatic rings. The number of ketones is 1. The van der Waals surface area contributed by atoms with E-state index in [4.69, 9.17) is 17.5 Å². The molecule has 2 aliphatic carbocycles. The van der Waals surface area contributed by atoms with E-state index in [-0.39, 0.29) is 10.8 Å². The van der Waals surface area contributed by atoms with Gasteiger partial charge in [0.2, 0.25) is 0 Å². The summed E-state index contributed by atoms with van der Waals surface area (Å²) < 4.78 is 31.6. The zero-order chi connectivity index (χ0) is 17.5. The Morgan fingerprint density at radius 1 is 1.09 bits per heavy atom. The van der Waals surface area contributed by atoms with Gasteiger partial charge >= 0.3 is 10.4 Å². The average Bonchev–Trinajstić information content (AvgIpc) is 2.69. The fourth-order valence-corrected chi connectivity index (χ4v) is 3.23. The molecule has 124 valence electrons. The highest BCUT2D eigenvalue weighted by atomic mass is 32.3. The molecule has 2 bridgehead atoms. The summed E-state index contributed by atoms with van der Waals surface area (Å²) in [5, 5.41) is 0. The van der Waals surface area contributed by atoms with Crippen LogP contribution >= 0.6 is 0 Å². The van der Waals surface area contributed by atoms with Crippen LogP contribution in [0.4, 0.5) is 0 Å². The number of carbonyl (C=O) groups is 1. The number of fused-ring (bicyclic) bond motifs is 2. The third-order valence-electron chi connectivity index (χ3n) is 4.90. The lowest BCUT2D eigenvalue weighted by atomic mass is 9.70. The quantitative estimate of drug-likeness (QED) is 0.767. The average molecular weight is 336 g/mol. The standard InChI is InChI=1S/C17H18O.H2O4S/c1-16(2)14-10-15(18)17(16,3)11-13(14)9-12-7-5-4-6-8-12;1-5(2,3)4/h4-10H,11H2,1-3H3;(H2,1,2,3,4). The van der Waals surface area contributed by atoms with Crippen molar-refractivity contribution in [1.82, 2.24) is 0 Å². The lowest BCUT2D eigenvalue weighted by Crippen LogP contribution is -2.32. The van der Waals surface area contributed by atoms with Gasteiger partial charge in [-0.3, -0.25) is 13.9 Å². The van der Waals surface area contributed by atoms with E-state index in [0.29, 0.717) is 5.78 Å². The van der Waals surface area contributed by atoms with Crippen molar-refractivity contribution in [1.29, 1.82) is 0 Å². The SMILES string of the molecule is CC1(C)C2=CC(=O)C1(C)CC2=Cc1ccccc1.O=S(=O)(O)O. The van der Waals surface area contributed by atoms with Crippen LogP contribution in [0.2, 0.25) is 0 Å². The molecule has 0 radical (unpaired) electrons. The van der Waals surface area contributed by atoms with Crippen LogP contribution in [-0.2, 0) is 15.2 Å². The number of benzene rings is 1. The fourth-order valence-electron chi connectivity index (χ4n) is 3.23. The van der Waals surface area contributed by atoms with Crippen LogP contribution in [0.5, 0.6) is 0 Å². The highest BCUT2D eigenvalue weighted by Crippen LogP contribution is 2.63. The zero-order valence-corrected chi connectivity index (χ0v) is 14.1. The molecule has 1 aromatic rings. The van der Waals surface area contributed by atoms with Crippen LogP contribution in [-0.4, -0.2) is 23.3 Å². The third-order valence-corrected chi connectivity index (χ3v) is 4.90. The highest BCUT2D eigenvalue weighted by Gasteiger charge is 2.58. The molecule has 1 aromatic carbocycles. The minimum absolute atomic E-state index is 0.0231. The number of hydrogen-bond donors (Lipinski definition) is 2. The van der Waals surface area contributed by atoms with Gasteiger partial charge < -0.3 is 0 Å². The molecule has 1 fully saturated rings. The molecule has 1 atom stereocenters. The Bertz CT molecular complexity index is 780. The van der Waals surface area contributed by atoms with Gasteiger partial charge in [0.05, 0.1) is 0 Å². The summed E-state index contributed by atoms with van der Waals surface area (Å²) in [5.74, 6) is 0.299. The van der Waals surface area contributed by atoms with Gasteiger partial charge in [-0.15, -0.1) is 0 Å². The van der Waals surface area contributed by atoms with E-state index in [9.17, 15) is 4.79 Å². The Kier molecular flexibility index (Phi) is 4.36. The van der Waals surface area contributed by atoms with Gasteiger partial charge in [-0.2, -0.15) is 8.42 Å². The topological polar surface area (TPSA) is 91.7 Å². The van der Waals surface area contributed by atoms with Crippen molar-refractivity contribution >= 4 is 22.3 Å². The molecule has 0 heterocycles. The van der Waals surface area contributed by atoms with Gasteiger partial charge in [-0.1, -0.05) is 57.2 Å². The molecule has 6 heteroatoms. The Labute approximate surface area is 136 Å². The van der Waals surface area contributed by atoms with Gasteiger partial charge in [0.1, 0.15) is 0 Å². The lowest BCUT2D eigenvalue weighted by Gasteiger charge is -2.31. The van der Waals surface area contributed by atoms with E-state index < -0.39 is 10.4 Å². The van der Waals surface area contributed by atoms with Crippen molar-refractivity contribution in [2.75, 3.05) is 0 Å². The Hall–Kier alpha value is -1.76. The highest BCUT2D eigenvalue weighted by molar-refractivity contribution is 7.79. The minimum atomic E-state index is -4.67. The maximum atomic E-state index is 12.1. The van der Waals surface area contributed by atoms with Crippen molar-refractivity contribution in [2.24, 2.45) is 10.8 Å². The fraction of sp³-hybridized carbons (Fsp3) is 0.353. The van der Waals surface area contributed by atoms with E-state index in [1.54, 1.807) is 0 Å². The lowest BCUT2D eigenvalue weighted by molar-refractivity contribution is -0.125. The molecule has 3 rings (SSSR count). The predicted molar refractivity (Wildman–Crippen MR) is 88.2 cm³/mol. The molecule has 23 heavy (non-hydrogen) atoms. The van der Waals surface area contributed by atoms with E-state index in [2.05, 4.69) is 39.0 Å². The van der Waals surface area contributed by atoms with Crippen LogP contribution < -0.4 is 0 Å². The first-order chi connectivity index (χ1) is 10.4. The molecule has 0 aromatic heterocycles. The van der Waals surface area contributed by atoms with Gasteiger partial charge in [0.15, 0.2) is 5.78 Å². The molecule has 0 amide bonds. The Morgan fingerprint density at radius 2 is 1.61 bits per heavy atom. The van der Waals surface area contributed by atoms with E-state index in [1.165, 1.54) is 16.7 Å². The van der Waals surface area contributed by atoms with Crippen LogP contribution in [0.15, 0.2) is 47.6 Å². The number of hydrogen-bond acceptors (Lipinski definition) is 3. The largest absolute Gasteiger partial charge is 0.394 e. The maximum absolute atomic E-state index is 12.1. The van der Waals surface area contributed by atoms with Crippen molar-refractivity contribution in [3.8, 4) is 0 Å². The number of allylic oxidation sites excluding steroid dienone is 3. The second-order valence-corrected chi connectivity index (χ2v) is 7.48. The van der Waals surface area contributed by atoms with Gasteiger partial charge in [-0.25, -0.2) is 0 Å². The molecule has 2 N–H and O–H groups in total. The molecule has 0 saturated heterocycles. The number of rotatable bonds is 1. The summed E-state index contributed by atoms with van der Waals surface area (Å²) in [4.78, 5) is 12.1.